The third-order valence-electron chi connectivity index (χ3n) is 5.17. The van der Waals surface area contributed by atoms with Crippen LogP contribution in [0.15, 0.2) is 51.9 Å². The van der Waals surface area contributed by atoms with Gasteiger partial charge in [-0.2, -0.15) is 5.10 Å². The topological polar surface area (TPSA) is 82.4 Å². The molecule has 0 atom stereocenters. The van der Waals surface area contributed by atoms with Gasteiger partial charge in [0.05, 0.1) is 18.3 Å². The summed E-state index contributed by atoms with van der Waals surface area (Å²) in [5.41, 5.74) is 0.210. The number of H-pyrrole nitrogens is 1. The Morgan fingerprint density at radius 3 is 2.78 bits per heavy atom. The van der Waals surface area contributed by atoms with Crippen LogP contribution < -0.4 is 5.43 Å². The van der Waals surface area contributed by atoms with E-state index in [1.54, 1.807) is 35.4 Å². The van der Waals surface area contributed by atoms with E-state index in [1.807, 2.05) is 12.1 Å². The molecule has 3 heterocycles. The fourth-order valence-corrected chi connectivity index (χ4v) is 3.60. The SMILES string of the molecule is CN1CCC(N(Cc2ccco2)C(=O)c2n[nH]c3ccccc3c2=O)CC1. The van der Waals surface area contributed by atoms with Crippen LogP contribution in [0.2, 0.25) is 0 Å². The number of hydrogen-bond acceptors (Lipinski definition) is 5. The minimum Gasteiger partial charge on any atom is -0.467 e. The highest BCUT2D eigenvalue weighted by Crippen LogP contribution is 2.20. The molecule has 0 bridgehead atoms. The van der Waals surface area contributed by atoms with Crippen LogP contribution in [0, 0.1) is 0 Å². The fraction of sp³-hybridized carbons (Fsp3) is 0.350. The summed E-state index contributed by atoms with van der Waals surface area (Å²) < 4.78 is 5.45. The number of nitrogens with one attached hydrogen (secondary N) is 1. The highest BCUT2D eigenvalue weighted by molar-refractivity contribution is 5.95. The van der Waals surface area contributed by atoms with Gasteiger partial charge in [0.1, 0.15) is 5.76 Å². The predicted octanol–water partition coefficient (Wildman–Crippen LogP) is 2.25. The van der Waals surface area contributed by atoms with Crippen LogP contribution in [-0.2, 0) is 6.54 Å². The van der Waals surface area contributed by atoms with Crippen molar-refractivity contribution in [2.45, 2.75) is 25.4 Å². The molecule has 0 radical (unpaired) electrons. The number of carbonyl (C=O) groups is 1. The van der Waals surface area contributed by atoms with Crippen molar-refractivity contribution in [3.8, 4) is 0 Å². The third-order valence-corrected chi connectivity index (χ3v) is 5.17. The molecular weight excluding hydrogens is 344 g/mol. The lowest BCUT2D eigenvalue weighted by molar-refractivity contribution is 0.0542. The number of nitrogens with zero attached hydrogens (tertiary/aromatic N) is 3. The van der Waals surface area contributed by atoms with Crippen LogP contribution >= 0.6 is 0 Å². The van der Waals surface area contributed by atoms with Crippen molar-refractivity contribution in [1.82, 2.24) is 20.0 Å². The zero-order valence-electron chi connectivity index (χ0n) is 15.2. The van der Waals surface area contributed by atoms with Crippen molar-refractivity contribution in [3.05, 3.63) is 64.3 Å². The van der Waals surface area contributed by atoms with Gasteiger partial charge < -0.3 is 14.2 Å². The molecule has 1 aliphatic rings. The van der Waals surface area contributed by atoms with Crippen LogP contribution in [0.25, 0.3) is 10.9 Å². The maximum atomic E-state index is 13.3. The van der Waals surface area contributed by atoms with E-state index in [2.05, 4.69) is 22.1 Å². The Morgan fingerprint density at radius 2 is 2.04 bits per heavy atom. The molecule has 2 aromatic heterocycles. The molecule has 3 aromatic rings. The summed E-state index contributed by atoms with van der Waals surface area (Å²) in [6, 6.07) is 10.8. The van der Waals surface area contributed by atoms with Gasteiger partial charge in [0.15, 0.2) is 5.69 Å². The van der Waals surface area contributed by atoms with Gasteiger partial charge in [0, 0.05) is 11.4 Å². The molecule has 1 aromatic carbocycles. The highest BCUT2D eigenvalue weighted by Gasteiger charge is 2.30. The van der Waals surface area contributed by atoms with Gasteiger partial charge in [0.25, 0.3) is 5.91 Å². The van der Waals surface area contributed by atoms with Crippen molar-refractivity contribution >= 4 is 16.8 Å². The van der Waals surface area contributed by atoms with Crippen LogP contribution in [0.1, 0.15) is 29.1 Å². The van der Waals surface area contributed by atoms with Crippen molar-refractivity contribution < 1.29 is 9.21 Å². The molecule has 1 amide bonds. The summed E-state index contributed by atoms with van der Waals surface area (Å²) >= 11 is 0. The number of rotatable bonds is 4. The van der Waals surface area contributed by atoms with Gasteiger partial charge in [-0.25, -0.2) is 0 Å². The van der Waals surface area contributed by atoms with E-state index in [4.69, 9.17) is 4.42 Å². The van der Waals surface area contributed by atoms with Gasteiger partial charge in [-0.1, -0.05) is 12.1 Å². The number of piperidine rings is 1. The lowest BCUT2D eigenvalue weighted by Gasteiger charge is -2.36. The maximum Gasteiger partial charge on any atom is 0.279 e. The Hall–Kier alpha value is -2.93. The number of benzene rings is 1. The molecule has 7 nitrogen and oxygen atoms in total. The van der Waals surface area contributed by atoms with Gasteiger partial charge in [0.2, 0.25) is 5.43 Å². The first kappa shape index (κ1) is 17.5. The zero-order chi connectivity index (χ0) is 18.8. The van der Waals surface area contributed by atoms with Crippen molar-refractivity contribution in [2.75, 3.05) is 20.1 Å². The minimum atomic E-state index is -0.354. The number of aromatic nitrogens is 2. The Balaban J connectivity index is 1.69. The number of hydrogen-bond donors (Lipinski definition) is 1. The molecule has 0 saturated carbocycles. The smallest absolute Gasteiger partial charge is 0.279 e. The van der Waals surface area contributed by atoms with Crippen LogP contribution in [0.3, 0.4) is 0 Å². The van der Waals surface area contributed by atoms with Crippen molar-refractivity contribution in [3.63, 3.8) is 0 Å². The van der Waals surface area contributed by atoms with Crippen LogP contribution in [0.5, 0.6) is 0 Å². The summed E-state index contributed by atoms with van der Waals surface area (Å²) in [5, 5.41) is 7.40. The van der Waals surface area contributed by atoms with Gasteiger partial charge in [-0.05, 0) is 57.2 Å². The quantitative estimate of drug-likeness (QED) is 0.766. The Labute approximate surface area is 156 Å². The standard InChI is InChI=1S/C20H22N4O3/c1-23-10-8-14(9-11-23)24(13-15-5-4-12-27-15)20(26)18-19(25)16-6-2-3-7-17(16)21-22-18/h2-7,12,14H,8-11,13H2,1H3,(H,21,25). The Kier molecular flexibility index (Phi) is 4.77. The molecule has 0 unspecified atom stereocenters. The minimum absolute atomic E-state index is 0.0477. The summed E-state index contributed by atoms with van der Waals surface area (Å²) in [5.74, 6) is 0.340. The molecule has 27 heavy (non-hydrogen) atoms. The summed E-state index contributed by atoms with van der Waals surface area (Å²) in [6.45, 7) is 2.15. The first-order chi connectivity index (χ1) is 13.1. The monoisotopic (exact) mass is 366 g/mol. The highest BCUT2D eigenvalue weighted by atomic mass is 16.3. The molecule has 4 rings (SSSR count). The number of fused-ring (bicyclic) bond motifs is 1. The normalized spacial score (nSPS) is 15.9. The van der Waals surface area contributed by atoms with Gasteiger partial charge >= 0.3 is 0 Å². The number of aromatic amines is 1. The summed E-state index contributed by atoms with van der Waals surface area (Å²) in [7, 11) is 2.07. The van der Waals surface area contributed by atoms with Gasteiger partial charge in [-0.3, -0.25) is 14.7 Å². The first-order valence-electron chi connectivity index (χ1n) is 9.13. The second-order valence-electron chi connectivity index (χ2n) is 6.99. The van der Waals surface area contributed by atoms with Crippen molar-refractivity contribution in [2.24, 2.45) is 0 Å². The fourth-order valence-electron chi connectivity index (χ4n) is 3.60. The van der Waals surface area contributed by atoms with E-state index in [1.165, 1.54) is 0 Å². The molecule has 7 heteroatoms. The first-order valence-corrected chi connectivity index (χ1v) is 9.13. The van der Waals surface area contributed by atoms with Gasteiger partial charge in [-0.15, -0.1) is 0 Å². The molecule has 0 aliphatic carbocycles. The average molecular weight is 366 g/mol. The molecule has 140 valence electrons. The van der Waals surface area contributed by atoms with Crippen molar-refractivity contribution in [1.29, 1.82) is 0 Å². The predicted molar refractivity (Wildman–Crippen MR) is 101 cm³/mol. The van der Waals surface area contributed by atoms with E-state index in [-0.39, 0.29) is 23.1 Å². The maximum absolute atomic E-state index is 13.3. The molecule has 1 fully saturated rings. The Bertz CT molecular complexity index is 988. The molecule has 1 saturated heterocycles. The zero-order valence-corrected chi connectivity index (χ0v) is 15.2. The number of para-hydroxylation sites is 1. The number of amides is 1. The van der Waals surface area contributed by atoms with E-state index in [0.29, 0.717) is 23.2 Å². The molecule has 1 N–H and O–H groups in total. The summed E-state index contributed by atoms with van der Waals surface area (Å²) in [6.07, 6.45) is 3.30. The molecular formula is C20H22N4O3. The number of furan rings is 1. The average Bonchev–Trinajstić information content (AvgIpc) is 3.20. The van der Waals surface area contributed by atoms with E-state index in [9.17, 15) is 9.59 Å². The third kappa shape index (κ3) is 3.50. The number of likely N-dealkylation sites (tertiary alicyclic amines) is 1. The Morgan fingerprint density at radius 1 is 1.26 bits per heavy atom. The summed E-state index contributed by atoms with van der Waals surface area (Å²) in [4.78, 5) is 30.1. The van der Waals surface area contributed by atoms with E-state index < -0.39 is 0 Å². The largest absolute Gasteiger partial charge is 0.467 e. The second-order valence-corrected chi connectivity index (χ2v) is 6.99. The molecule has 0 spiro atoms. The van der Waals surface area contributed by atoms with Crippen LogP contribution in [0.4, 0.5) is 0 Å². The lowest BCUT2D eigenvalue weighted by Crippen LogP contribution is -2.47. The van der Waals surface area contributed by atoms with E-state index in [0.717, 1.165) is 25.9 Å². The lowest BCUT2D eigenvalue weighted by atomic mass is 10.0. The molecule has 1 aliphatic heterocycles. The second kappa shape index (κ2) is 7.36. The van der Waals surface area contributed by atoms with Crippen LogP contribution in [-0.4, -0.2) is 52.1 Å². The van der Waals surface area contributed by atoms with E-state index >= 15 is 0 Å². The number of carbonyl (C=O) groups excluding carboxylic acids is 1.